The summed E-state index contributed by atoms with van der Waals surface area (Å²) in [5.41, 5.74) is 14.0. The van der Waals surface area contributed by atoms with E-state index in [2.05, 4.69) is 103 Å². The van der Waals surface area contributed by atoms with Crippen LogP contribution in [0, 0.1) is 11.3 Å². The molecule has 0 aliphatic heterocycles. The van der Waals surface area contributed by atoms with Crippen molar-refractivity contribution in [3.05, 3.63) is 174 Å². The zero-order chi connectivity index (χ0) is 36.8. The van der Waals surface area contributed by atoms with E-state index >= 15 is 0 Å². The molecule has 10 aromatic rings. The monoisotopic (exact) mass is 704 g/mol. The van der Waals surface area contributed by atoms with Crippen LogP contribution in [0.25, 0.3) is 94.5 Å². The topological polar surface area (TPSA) is 67.6 Å². The van der Waals surface area contributed by atoms with Crippen molar-refractivity contribution in [3.8, 4) is 56.8 Å². The van der Waals surface area contributed by atoms with Gasteiger partial charge >= 0.3 is 0 Å². The average molecular weight is 705 g/mol. The number of fused-ring (bicyclic) bond motifs is 9. The lowest BCUT2D eigenvalue weighted by Crippen LogP contribution is -2.15. The van der Waals surface area contributed by atoms with Gasteiger partial charge in [-0.3, -0.25) is 0 Å². The van der Waals surface area contributed by atoms with E-state index in [0.29, 0.717) is 22.8 Å². The number of hydrogen-bond acceptors (Lipinski definition) is 4. The largest absolute Gasteiger partial charge is 0.454 e. The Balaban J connectivity index is 1.23. The van der Waals surface area contributed by atoms with Crippen molar-refractivity contribution in [3.63, 3.8) is 0 Å². The van der Waals surface area contributed by atoms with Crippen molar-refractivity contribution in [1.29, 1.82) is 5.26 Å². The second-order valence-electron chi connectivity index (χ2n) is 14.8. The molecule has 3 aromatic heterocycles. The molecule has 1 aliphatic rings. The fraction of sp³-hybridized carbons (Fsp3) is 0.0600. The van der Waals surface area contributed by atoms with Crippen molar-refractivity contribution < 1.29 is 4.42 Å². The van der Waals surface area contributed by atoms with Crippen molar-refractivity contribution >= 4 is 43.7 Å². The molecule has 0 spiro atoms. The van der Waals surface area contributed by atoms with Crippen LogP contribution >= 0.6 is 0 Å². The minimum Gasteiger partial charge on any atom is -0.454 e. The molecule has 0 radical (unpaired) electrons. The van der Waals surface area contributed by atoms with Gasteiger partial charge in [0.2, 0.25) is 0 Å². The second kappa shape index (κ2) is 11.6. The van der Waals surface area contributed by atoms with Crippen LogP contribution in [0.15, 0.2) is 162 Å². The molecule has 0 saturated heterocycles. The van der Waals surface area contributed by atoms with Crippen LogP contribution in [0.5, 0.6) is 0 Å². The normalized spacial score (nSPS) is 13.0. The molecule has 0 unspecified atom stereocenters. The summed E-state index contributed by atoms with van der Waals surface area (Å²) in [4.78, 5) is 10.4. The maximum absolute atomic E-state index is 10.6. The van der Waals surface area contributed by atoms with Crippen LogP contribution in [-0.4, -0.2) is 14.5 Å². The number of hydrogen-bond donors (Lipinski definition) is 0. The maximum atomic E-state index is 10.6. The van der Waals surface area contributed by atoms with Crippen LogP contribution in [0.3, 0.4) is 0 Å². The van der Waals surface area contributed by atoms with Gasteiger partial charge in [-0.25, -0.2) is 9.97 Å². The second-order valence-corrected chi connectivity index (χ2v) is 14.8. The van der Waals surface area contributed by atoms with Gasteiger partial charge in [0.25, 0.3) is 0 Å². The molecule has 0 amide bonds. The summed E-state index contributed by atoms with van der Waals surface area (Å²) in [5, 5.41) is 14.9. The highest BCUT2D eigenvalue weighted by molar-refractivity contribution is 6.17. The van der Waals surface area contributed by atoms with Gasteiger partial charge < -0.3 is 8.98 Å². The highest BCUT2D eigenvalue weighted by Crippen LogP contribution is 2.51. The molecule has 0 N–H and O–H groups in total. The quantitative estimate of drug-likeness (QED) is 0.183. The number of nitrogens with zero attached hydrogens (tertiary/aromatic N) is 4. The molecule has 0 saturated carbocycles. The van der Waals surface area contributed by atoms with Gasteiger partial charge in [0.1, 0.15) is 17.2 Å². The Bertz CT molecular complexity index is 3180. The van der Waals surface area contributed by atoms with E-state index in [1.807, 2.05) is 78.9 Å². The number of aromatic nitrogens is 3. The van der Waals surface area contributed by atoms with Crippen LogP contribution in [0.1, 0.15) is 30.5 Å². The Morgan fingerprint density at radius 3 is 1.93 bits per heavy atom. The average Bonchev–Trinajstić information content (AvgIpc) is 3.86. The van der Waals surface area contributed by atoms with Gasteiger partial charge in [0.15, 0.2) is 11.4 Å². The molecule has 0 atom stereocenters. The van der Waals surface area contributed by atoms with E-state index in [4.69, 9.17) is 14.4 Å². The molecular formula is C50H32N4O. The summed E-state index contributed by atoms with van der Waals surface area (Å²) in [5.74, 6) is 0.527. The summed E-state index contributed by atoms with van der Waals surface area (Å²) in [6.45, 7) is 4.65. The molecule has 1 aliphatic carbocycles. The van der Waals surface area contributed by atoms with Gasteiger partial charge in [-0.05, 0) is 58.7 Å². The van der Waals surface area contributed by atoms with Crippen LogP contribution < -0.4 is 0 Å². The first-order valence-electron chi connectivity index (χ1n) is 18.6. The lowest BCUT2D eigenvalue weighted by atomic mass is 9.82. The number of benzene rings is 7. The third kappa shape index (κ3) is 4.46. The summed E-state index contributed by atoms with van der Waals surface area (Å²) in [6, 6.07) is 56.9. The number of nitriles is 1. The molecule has 0 fully saturated rings. The van der Waals surface area contributed by atoms with Gasteiger partial charge in [-0.2, -0.15) is 5.26 Å². The van der Waals surface area contributed by atoms with Crippen molar-refractivity contribution in [2.75, 3.05) is 0 Å². The van der Waals surface area contributed by atoms with E-state index in [1.165, 1.54) is 33.0 Å². The van der Waals surface area contributed by atoms with E-state index in [9.17, 15) is 5.26 Å². The van der Waals surface area contributed by atoms with Crippen LogP contribution in [0.4, 0.5) is 0 Å². The predicted molar refractivity (Wildman–Crippen MR) is 222 cm³/mol. The molecule has 11 rings (SSSR count). The van der Waals surface area contributed by atoms with Crippen molar-refractivity contribution in [1.82, 2.24) is 14.5 Å². The molecular weight excluding hydrogens is 673 g/mol. The number of furan rings is 1. The fourth-order valence-electron chi connectivity index (χ4n) is 8.90. The van der Waals surface area contributed by atoms with E-state index in [1.54, 1.807) is 0 Å². The standard InChI is InChI=1S/C50H32N4O/c1-50(2)39-22-12-9-19-32(39)36-27-37-33-20-10-13-23-41(33)54(43(37)28-40(36)50)42-26-25-35(45-34-21-11-14-24-44(34)55-48(42)45)49-52-46(30-15-5-3-6-16-30)38(29-51)47(53-49)31-17-7-4-8-18-31/h3-28H,1-2H3. The molecule has 5 heteroatoms. The van der Waals surface area contributed by atoms with Crippen LogP contribution in [0.2, 0.25) is 0 Å². The zero-order valence-electron chi connectivity index (χ0n) is 30.2. The number of para-hydroxylation sites is 2. The maximum Gasteiger partial charge on any atom is 0.161 e. The smallest absolute Gasteiger partial charge is 0.161 e. The fourth-order valence-corrected chi connectivity index (χ4v) is 8.90. The lowest BCUT2D eigenvalue weighted by molar-refractivity contribution is 0.660. The van der Waals surface area contributed by atoms with E-state index in [-0.39, 0.29) is 5.41 Å². The summed E-state index contributed by atoms with van der Waals surface area (Å²) < 4.78 is 9.26. The van der Waals surface area contributed by atoms with Gasteiger partial charge in [-0.15, -0.1) is 0 Å². The Morgan fingerprint density at radius 2 is 1.20 bits per heavy atom. The third-order valence-corrected chi connectivity index (χ3v) is 11.5. The zero-order valence-corrected chi connectivity index (χ0v) is 30.2. The first kappa shape index (κ1) is 31.3. The molecule has 0 bridgehead atoms. The van der Waals surface area contributed by atoms with Crippen molar-refractivity contribution in [2.45, 2.75) is 19.3 Å². The predicted octanol–water partition coefficient (Wildman–Crippen LogP) is 12.7. The first-order chi connectivity index (χ1) is 27.0. The minimum absolute atomic E-state index is 0.153. The Hall–Kier alpha value is -7.29. The summed E-state index contributed by atoms with van der Waals surface area (Å²) >= 11 is 0. The first-order valence-corrected chi connectivity index (χ1v) is 18.6. The molecule has 5 nitrogen and oxygen atoms in total. The number of rotatable bonds is 4. The van der Waals surface area contributed by atoms with E-state index in [0.717, 1.165) is 55.3 Å². The highest BCUT2D eigenvalue weighted by Gasteiger charge is 2.36. The van der Waals surface area contributed by atoms with Crippen molar-refractivity contribution in [2.24, 2.45) is 0 Å². The Labute approximate surface area is 317 Å². The minimum atomic E-state index is -0.153. The lowest BCUT2D eigenvalue weighted by Gasteiger charge is -2.21. The summed E-state index contributed by atoms with van der Waals surface area (Å²) in [6.07, 6.45) is 0. The van der Waals surface area contributed by atoms with Gasteiger partial charge in [0.05, 0.1) is 28.1 Å². The summed E-state index contributed by atoms with van der Waals surface area (Å²) in [7, 11) is 0. The SMILES string of the molecule is CC1(C)c2ccccc2-c2cc3c4ccccc4n(-c4ccc(-c5nc(-c6ccccc6)c(C#N)c(-c6ccccc6)n5)c5c4oc4ccccc45)c3cc21. The third-order valence-electron chi connectivity index (χ3n) is 11.5. The molecule has 7 aromatic carbocycles. The van der Waals surface area contributed by atoms with Crippen LogP contribution in [-0.2, 0) is 5.41 Å². The molecule has 258 valence electrons. The Morgan fingerprint density at radius 1 is 0.564 bits per heavy atom. The Kier molecular flexibility index (Phi) is 6.59. The van der Waals surface area contributed by atoms with Gasteiger partial charge in [0, 0.05) is 43.7 Å². The molecule has 3 heterocycles. The van der Waals surface area contributed by atoms with Gasteiger partial charge in [-0.1, -0.05) is 135 Å². The highest BCUT2D eigenvalue weighted by atomic mass is 16.3. The van der Waals surface area contributed by atoms with E-state index < -0.39 is 0 Å². The molecule has 55 heavy (non-hydrogen) atoms.